The Morgan fingerprint density at radius 3 is 2.16 bits per heavy atom. The van der Waals surface area contributed by atoms with Crippen LogP contribution in [0.1, 0.15) is 5.69 Å². The van der Waals surface area contributed by atoms with Crippen LogP contribution in [-0.2, 0) is 4.65 Å². The SMILES string of the molecule is NC(=NCCOB(c1ccccc1)c1ccccc1)c1[nH]cnc1N. The monoisotopic (exact) mass is 333 g/mol. The molecule has 0 radical (unpaired) electrons. The Hall–Kier alpha value is -3.06. The molecule has 0 fully saturated rings. The molecule has 0 amide bonds. The molecule has 126 valence electrons. The number of nitrogen functional groups attached to an aromatic ring is 1. The first-order chi connectivity index (χ1) is 12.3. The summed E-state index contributed by atoms with van der Waals surface area (Å²) >= 11 is 0. The van der Waals surface area contributed by atoms with Crippen LogP contribution < -0.4 is 22.4 Å². The second kappa shape index (κ2) is 8.16. The number of hydrogen-bond donors (Lipinski definition) is 3. The quantitative estimate of drug-likeness (QED) is 0.254. The summed E-state index contributed by atoms with van der Waals surface area (Å²) in [7, 11) is 0. The summed E-state index contributed by atoms with van der Waals surface area (Å²) in [4.78, 5) is 11.1. The minimum atomic E-state index is -0.143. The Labute approximate surface area is 147 Å². The van der Waals surface area contributed by atoms with Crippen molar-refractivity contribution >= 4 is 29.5 Å². The molecule has 0 bridgehead atoms. The second-order valence-corrected chi connectivity index (χ2v) is 5.50. The number of aromatic nitrogens is 2. The van der Waals surface area contributed by atoms with E-state index < -0.39 is 0 Å². The van der Waals surface area contributed by atoms with Gasteiger partial charge in [0.1, 0.15) is 11.5 Å². The summed E-state index contributed by atoms with van der Waals surface area (Å²) in [6.45, 7) is 0.722. The third-order valence-electron chi connectivity index (χ3n) is 3.79. The standard InChI is InChI=1S/C18H20BN5O/c20-17(16-18(21)24-13-23-16)22-11-12-25-19(14-7-3-1-4-8-14)15-9-5-2-6-10-15/h1-10,13H,11-12,21H2,(H2,20,22)(H,23,24). The summed E-state index contributed by atoms with van der Waals surface area (Å²) in [5.41, 5.74) is 14.4. The van der Waals surface area contributed by atoms with Crippen molar-refractivity contribution in [3.05, 3.63) is 72.7 Å². The number of anilines is 1. The van der Waals surface area contributed by atoms with E-state index in [9.17, 15) is 0 Å². The average Bonchev–Trinajstić information content (AvgIpc) is 3.09. The number of aliphatic imine (C=N–C) groups is 1. The molecule has 1 heterocycles. The van der Waals surface area contributed by atoms with E-state index >= 15 is 0 Å². The molecule has 0 aliphatic carbocycles. The van der Waals surface area contributed by atoms with Crippen LogP contribution in [0.25, 0.3) is 0 Å². The molecule has 0 saturated carbocycles. The lowest BCUT2D eigenvalue weighted by Gasteiger charge is -2.14. The summed E-state index contributed by atoms with van der Waals surface area (Å²) in [6, 6.07) is 20.2. The van der Waals surface area contributed by atoms with Crippen LogP contribution in [0.5, 0.6) is 0 Å². The highest BCUT2D eigenvalue weighted by atomic mass is 16.4. The number of H-pyrrole nitrogens is 1. The van der Waals surface area contributed by atoms with Crippen LogP contribution in [0.3, 0.4) is 0 Å². The molecule has 2 aromatic carbocycles. The molecule has 3 aromatic rings. The van der Waals surface area contributed by atoms with Gasteiger partial charge in [0.2, 0.25) is 0 Å². The van der Waals surface area contributed by atoms with Gasteiger partial charge in [-0.2, -0.15) is 0 Å². The highest BCUT2D eigenvalue weighted by Gasteiger charge is 2.20. The van der Waals surface area contributed by atoms with E-state index in [-0.39, 0.29) is 6.92 Å². The van der Waals surface area contributed by atoms with Gasteiger partial charge in [0.05, 0.1) is 12.9 Å². The van der Waals surface area contributed by atoms with E-state index in [0.29, 0.717) is 30.5 Å². The highest BCUT2D eigenvalue weighted by molar-refractivity contribution is 6.80. The van der Waals surface area contributed by atoms with Crippen LogP contribution in [-0.4, -0.2) is 35.9 Å². The molecule has 7 heteroatoms. The van der Waals surface area contributed by atoms with Crippen molar-refractivity contribution in [1.82, 2.24) is 9.97 Å². The van der Waals surface area contributed by atoms with E-state index in [1.165, 1.54) is 6.33 Å². The fraction of sp³-hybridized carbons (Fsp3) is 0.111. The van der Waals surface area contributed by atoms with Crippen molar-refractivity contribution in [3.63, 3.8) is 0 Å². The first-order valence-corrected chi connectivity index (χ1v) is 8.06. The van der Waals surface area contributed by atoms with Crippen molar-refractivity contribution < 1.29 is 4.65 Å². The van der Waals surface area contributed by atoms with Crippen molar-refractivity contribution in [2.45, 2.75) is 0 Å². The normalized spacial score (nSPS) is 11.4. The highest BCUT2D eigenvalue weighted by Crippen LogP contribution is 2.03. The molecule has 0 aliphatic rings. The fourth-order valence-corrected chi connectivity index (χ4v) is 2.57. The zero-order chi connectivity index (χ0) is 17.5. The van der Waals surface area contributed by atoms with Crippen LogP contribution >= 0.6 is 0 Å². The molecular weight excluding hydrogens is 313 g/mol. The number of imidazole rings is 1. The molecule has 25 heavy (non-hydrogen) atoms. The van der Waals surface area contributed by atoms with Gasteiger partial charge in [-0.25, -0.2) is 4.98 Å². The predicted octanol–water partition coefficient (Wildman–Crippen LogP) is 0.520. The van der Waals surface area contributed by atoms with E-state index in [2.05, 4.69) is 39.2 Å². The number of nitrogens with one attached hydrogen (secondary N) is 1. The molecule has 0 atom stereocenters. The molecule has 3 rings (SSSR count). The zero-order valence-corrected chi connectivity index (χ0v) is 13.8. The van der Waals surface area contributed by atoms with E-state index in [0.717, 1.165) is 10.9 Å². The molecule has 1 aromatic heterocycles. The molecular formula is C18H20BN5O. The van der Waals surface area contributed by atoms with Gasteiger partial charge in [-0.3, -0.25) is 4.99 Å². The number of hydrogen-bond acceptors (Lipinski definition) is 4. The van der Waals surface area contributed by atoms with Crippen LogP contribution in [0.2, 0.25) is 0 Å². The van der Waals surface area contributed by atoms with Gasteiger partial charge < -0.3 is 21.1 Å². The van der Waals surface area contributed by atoms with Gasteiger partial charge in [-0.05, 0) is 10.9 Å². The summed E-state index contributed by atoms with van der Waals surface area (Å²) in [5.74, 6) is 0.670. The number of nitrogens with two attached hydrogens (primary N) is 2. The average molecular weight is 333 g/mol. The Bertz CT molecular complexity index is 780. The zero-order valence-electron chi connectivity index (χ0n) is 13.8. The minimum absolute atomic E-state index is 0.143. The van der Waals surface area contributed by atoms with Gasteiger partial charge in [-0.15, -0.1) is 0 Å². The van der Waals surface area contributed by atoms with Crippen molar-refractivity contribution in [3.8, 4) is 0 Å². The number of rotatable bonds is 7. The topological polar surface area (TPSA) is 102 Å². The largest absolute Gasteiger partial charge is 0.425 e. The molecule has 0 saturated heterocycles. The van der Waals surface area contributed by atoms with Crippen LogP contribution in [0, 0.1) is 0 Å². The van der Waals surface area contributed by atoms with E-state index in [1.54, 1.807) is 0 Å². The summed E-state index contributed by atoms with van der Waals surface area (Å²) in [6.07, 6.45) is 1.49. The third-order valence-corrected chi connectivity index (χ3v) is 3.79. The smallest absolute Gasteiger partial charge is 0.361 e. The van der Waals surface area contributed by atoms with Gasteiger partial charge >= 0.3 is 6.92 Å². The van der Waals surface area contributed by atoms with Crippen molar-refractivity contribution in [2.75, 3.05) is 18.9 Å². The number of aromatic amines is 1. The van der Waals surface area contributed by atoms with Gasteiger partial charge in [0.25, 0.3) is 0 Å². The molecule has 0 aliphatic heterocycles. The van der Waals surface area contributed by atoms with Crippen molar-refractivity contribution in [2.24, 2.45) is 10.7 Å². The Kier molecular flexibility index (Phi) is 5.48. The Morgan fingerprint density at radius 2 is 1.64 bits per heavy atom. The number of benzene rings is 2. The molecule has 6 nitrogen and oxygen atoms in total. The molecule has 5 N–H and O–H groups in total. The van der Waals surface area contributed by atoms with Gasteiger partial charge in [-0.1, -0.05) is 60.7 Å². The maximum Gasteiger partial charge on any atom is 0.361 e. The predicted molar refractivity (Wildman–Crippen MR) is 102 cm³/mol. The van der Waals surface area contributed by atoms with E-state index in [4.69, 9.17) is 16.1 Å². The lowest BCUT2D eigenvalue weighted by atomic mass is 9.55. The maximum atomic E-state index is 6.09. The second-order valence-electron chi connectivity index (χ2n) is 5.50. The van der Waals surface area contributed by atoms with Gasteiger partial charge in [0, 0.05) is 6.61 Å². The molecule has 0 spiro atoms. The Morgan fingerprint density at radius 1 is 1.04 bits per heavy atom. The number of nitrogens with zero attached hydrogens (tertiary/aromatic N) is 2. The lowest BCUT2D eigenvalue weighted by molar-refractivity contribution is 0.345. The number of amidine groups is 1. The third kappa shape index (κ3) is 4.27. The Balaban J connectivity index is 1.67. The molecule has 0 unspecified atom stereocenters. The first kappa shape index (κ1) is 16.8. The van der Waals surface area contributed by atoms with Crippen LogP contribution in [0.15, 0.2) is 72.0 Å². The maximum absolute atomic E-state index is 6.09. The lowest BCUT2D eigenvalue weighted by Crippen LogP contribution is -2.45. The summed E-state index contributed by atoms with van der Waals surface area (Å²) < 4.78 is 6.09. The van der Waals surface area contributed by atoms with Crippen molar-refractivity contribution in [1.29, 1.82) is 0 Å². The minimum Gasteiger partial charge on any atom is -0.425 e. The van der Waals surface area contributed by atoms with Crippen LogP contribution in [0.4, 0.5) is 5.82 Å². The fourth-order valence-electron chi connectivity index (χ4n) is 2.57. The van der Waals surface area contributed by atoms with E-state index in [1.807, 2.05) is 36.4 Å². The summed E-state index contributed by atoms with van der Waals surface area (Å²) in [5, 5.41) is 0. The first-order valence-electron chi connectivity index (χ1n) is 8.06. The van der Waals surface area contributed by atoms with Gasteiger partial charge in [0.15, 0.2) is 5.82 Å².